The minimum absolute atomic E-state index is 0.127. The molecular weight excluding hydrogens is 352 g/mol. The molecule has 1 N–H and O–H groups in total. The van der Waals surface area contributed by atoms with Crippen molar-refractivity contribution >= 4 is 27.4 Å². The molecule has 0 saturated carbocycles. The fourth-order valence-corrected chi connectivity index (χ4v) is 3.62. The molecule has 0 aliphatic rings. The summed E-state index contributed by atoms with van der Waals surface area (Å²) in [5, 5.41) is 4.46. The second-order valence-electron chi connectivity index (χ2n) is 5.07. The van der Waals surface area contributed by atoms with Crippen LogP contribution in [0.2, 0.25) is 5.02 Å². The molecule has 0 bridgehead atoms. The van der Waals surface area contributed by atoms with Crippen molar-refractivity contribution < 1.29 is 8.42 Å². The van der Waals surface area contributed by atoms with Gasteiger partial charge in [-0.2, -0.15) is 5.10 Å². The molecular formula is C14H13ClN6O2S. The van der Waals surface area contributed by atoms with Crippen molar-refractivity contribution in [2.75, 3.05) is 4.72 Å². The second-order valence-corrected chi connectivity index (χ2v) is 7.13. The van der Waals surface area contributed by atoms with E-state index in [1.54, 1.807) is 19.9 Å². The van der Waals surface area contributed by atoms with E-state index in [0.29, 0.717) is 22.0 Å². The number of benzene rings is 1. The number of aromatic nitrogens is 5. The minimum Gasteiger partial charge on any atom is -0.263 e. The van der Waals surface area contributed by atoms with Gasteiger partial charge in [0.15, 0.2) is 5.82 Å². The maximum Gasteiger partial charge on any atom is 0.263 e. The molecule has 0 radical (unpaired) electrons. The molecule has 1 aromatic carbocycles. The van der Waals surface area contributed by atoms with Crippen LogP contribution >= 0.6 is 11.6 Å². The lowest BCUT2D eigenvalue weighted by molar-refractivity contribution is 0.600. The predicted octanol–water partition coefficient (Wildman–Crippen LogP) is 2.13. The minimum atomic E-state index is -3.81. The summed E-state index contributed by atoms with van der Waals surface area (Å²) in [6.45, 7) is 3.43. The summed E-state index contributed by atoms with van der Waals surface area (Å²) >= 11 is 6.02. The fraction of sp³-hybridized carbons (Fsp3) is 0.143. The number of halogens is 1. The molecule has 0 spiro atoms. The first-order valence-corrected chi connectivity index (χ1v) is 8.69. The zero-order valence-corrected chi connectivity index (χ0v) is 14.4. The lowest BCUT2D eigenvalue weighted by atomic mass is 10.2. The van der Waals surface area contributed by atoms with E-state index in [1.807, 2.05) is 0 Å². The standard InChI is InChI=1S/C14H13ClN6O2S/c1-9-4-12(10(2)3-11(9)15)24(22,23)20-13-5-14(18-7-17-13)21-8-16-6-19-21/h3-8H,1-2H3,(H,17,18,20). The van der Waals surface area contributed by atoms with Crippen LogP contribution in [0.4, 0.5) is 5.82 Å². The number of nitrogens with zero attached hydrogens (tertiary/aromatic N) is 5. The van der Waals surface area contributed by atoms with Gasteiger partial charge in [0.25, 0.3) is 10.0 Å². The third kappa shape index (κ3) is 3.22. The van der Waals surface area contributed by atoms with Crippen LogP contribution in [0.1, 0.15) is 11.1 Å². The topological polar surface area (TPSA) is 103 Å². The number of hydrogen-bond acceptors (Lipinski definition) is 6. The first-order valence-electron chi connectivity index (χ1n) is 6.83. The summed E-state index contributed by atoms with van der Waals surface area (Å²) < 4.78 is 29.1. The maximum absolute atomic E-state index is 12.6. The van der Waals surface area contributed by atoms with E-state index in [4.69, 9.17) is 11.6 Å². The Labute approximate surface area is 143 Å². The highest BCUT2D eigenvalue weighted by Crippen LogP contribution is 2.25. The van der Waals surface area contributed by atoms with Gasteiger partial charge < -0.3 is 0 Å². The Balaban J connectivity index is 1.96. The number of rotatable bonds is 4. The molecule has 0 unspecified atom stereocenters. The number of sulfonamides is 1. The highest BCUT2D eigenvalue weighted by atomic mass is 35.5. The van der Waals surface area contributed by atoms with E-state index in [9.17, 15) is 8.42 Å². The first-order chi connectivity index (χ1) is 11.4. The van der Waals surface area contributed by atoms with Gasteiger partial charge in [-0.15, -0.1) is 0 Å². The van der Waals surface area contributed by atoms with Crippen LogP contribution in [0.15, 0.2) is 42.1 Å². The summed E-state index contributed by atoms with van der Waals surface area (Å²) in [6, 6.07) is 4.61. The summed E-state index contributed by atoms with van der Waals surface area (Å²) in [7, 11) is -3.81. The van der Waals surface area contributed by atoms with Crippen molar-refractivity contribution in [2.45, 2.75) is 18.7 Å². The molecule has 0 atom stereocenters. The molecule has 24 heavy (non-hydrogen) atoms. The van der Waals surface area contributed by atoms with Crippen LogP contribution < -0.4 is 4.72 Å². The van der Waals surface area contributed by atoms with Crippen molar-refractivity contribution in [1.82, 2.24) is 24.7 Å². The molecule has 2 heterocycles. The van der Waals surface area contributed by atoms with Crippen molar-refractivity contribution in [3.63, 3.8) is 0 Å². The normalized spacial score (nSPS) is 11.5. The third-order valence-electron chi connectivity index (χ3n) is 3.29. The maximum atomic E-state index is 12.6. The highest BCUT2D eigenvalue weighted by molar-refractivity contribution is 7.92. The van der Waals surface area contributed by atoms with Crippen molar-refractivity contribution in [3.8, 4) is 5.82 Å². The number of anilines is 1. The molecule has 0 fully saturated rings. The number of hydrogen-bond donors (Lipinski definition) is 1. The fourth-order valence-electron chi connectivity index (χ4n) is 2.09. The SMILES string of the molecule is Cc1cc(S(=O)(=O)Nc2cc(-n3cncn3)ncn2)c(C)cc1Cl. The Morgan fingerprint density at radius 2 is 1.88 bits per heavy atom. The predicted molar refractivity (Wildman–Crippen MR) is 88.7 cm³/mol. The monoisotopic (exact) mass is 364 g/mol. The summed E-state index contributed by atoms with van der Waals surface area (Å²) in [6.07, 6.45) is 4.05. The molecule has 124 valence electrons. The molecule has 10 heteroatoms. The number of aryl methyl sites for hydroxylation is 2. The average Bonchev–Trinajstić information content (AvgIpc) is 3.05. The summed E-state index contributed by atoms with van der Waals surface area (Å²) in [5.74, 6) is 0.520. The van der Waals surface area contributed by atoms with Crippen LogP contribution in [0.5, 0.6) is 0 Å². The largest absolute Gasteiger partial charge is 0.263 e. The second kappa shape index (κ2) is 6.17. The van der Waals surface area contributed by atoms with Crippen molar-refractivity contribution in [1.29, 1.82) is 0 Å². The van der Waals surface area contributed by atoms with Crippen LogP contribution in [-0.2, 0) is 10.0 Å². The first kappa shape index (κ1) is 16.3. The van der Waals surface area contributed by atoms with Gasteiger partial charge in [-0.05, 0) is 37.1 Å². The lowest BCUT2D eigenvalue weighted by Gasteiger charge is -2.12. The molecule has 0 saturated heterocycles. The zero-order valence-electron chi connectivity index (χ0n) is 12.8. The average molecular weight is 365 g/mol. The van der Waals surface area contributed by atoms with Crippen molar-refractivity contribution in [2.24, 2.45) is 0 Å². The van der Waals surface area contributed by atoms with Gasteiger partial charge >= 0.3 is 0 Å². The molecule has 0 aliphatic carbocycles. The van der Waals surface area contributed by atoms with Gasteiger partial charge in [0, 0.05) is 11.1 Å². The van der Waals surface area contributed by atoms with Gasteiger partial charge in [0.05, 0.1) is 4.90 Å². The van der Waals surface area contributed by atoms with Gasteiger partial charge in [0.2, 0.25) is 0 Å². The molecule has 0 amide bonds. The van der Waals surface area contributed by atoms with E-state index < -0.39 is 10.0 Å². The van der Waals surface area contributed by atoms with Crippen molar-refractivity contribution in [3.05, 3.63) is 53.3 Å². The van der Waals surface area contributed by atoms with Crippen LogP contribution in [0, 0.1) is 13.8 Å². The third-order valence-corrected chi connectivity index (χ3v) is 5.19. The van der Waals surface area contributed by atoms with Crippen LogP contribution in [-0.4, -0.2) is 33.2 Å². The molecule has 3 aromatic rings. The van der Waals surface area contributed by atoms with E-state index in [0.717, 1.165) is 0 Å². The van der Waals surface area contributed by atoms with E-state index in [1.165, 1.54) is 35.8 Å². The highest BCUT2D eigenvalue weighted by Gasteiger charge is 2.19. The van der Waals surface area contributed by atoms with E-state index >= 15 is 0 Å². The van der Waals surface area contributed by atoms with Crippen LogP contribution in [0.3, 0.4) is 0 Å². The molecule has 0 aliphatic heterocycles. The quantitative estimate of drug-likeness (QED) is 0.760. The summed E-state index contributed by atoms with van der Waals surface area (Å²) in [5.41, 5.74) is 1.22. The molecule has 2 aromatic heterocycles. The van der Waals surface area contributed by atoms with Gasteiger partial charge in [-0.3, -0.25) is 4.72 Å². The van der Waals surface area contributed by atoms with Gasteiger partial charge in [0.1, 0.15) is 24.8 Å². The zero-order chi connectivity index (χ0) is 17.3. The van der Waals surface area contributed by atoms with E-state index in [2.05, 4.69) is 24.8 Å². The Bertz CT molecular complexity index is 989. The Kier molecular flexibility index (Phi) is 4.20. The Morgan fingerprint density at radius 3 is 2.58 bits per heavy atom. The summed E-state index contributed by atoms with van der Waals surface area (Å²) in [4.78, 5) is 11.9. The molecule has 3 rings (SSSR count). The smallest absolute Gasteiger partial charge is 0.263 e. The molecule has 8 nitrogen and oxygen atoms in total. The van der Waals surface area contributed by atoms with Gasteiger partial charge in [-0.25, -0.2) is 28.1 Å². The van der Waals surface area contributed by atoms with E-state index in [-0.39, 0.29) is 10.7 Å². The number of nitrogens with one attached hydrogen (secondary N) is 1. The van der Waals surface area contributed by atoms with Gasteiger partial charge in [-0.1, -0.05) is 11.6 Å². The van der Waals surface area contributed by atoms with Crippen LogP contribution in [0.25, 0.3) is 5.82 Å². The Hall–Kier alpha value is -2.52. The Morgan fingerprint density at radius 1 is 1.08 bits per heavy atom. The lowest BCUT2D eigenvalue weighted by Crippen LogP contribution is -2.16.